The lowest BCUT2D eigenvalue weighted by atomic mass is 10.2. The number of ether oxygens (including phenoxy) is 1. The smallest absolute Gasteiger partial charge is 0.165 e. The molecular weight excluding hydrogens is 255 g/mol. The monoisotopic (exact) mass is 278 g/mol. The van der Waals surface area contributed by atoms with Crippen molar-refractivity contribution in [1.82, 2.24) is 10.6 Å². The summed E-state index contributed by atoms with van der Waals surface area (Å²) in [5.41, 5.74) is 1.07. The minimum absolute atomic E-state index is 0.00829. The molecule has 1 aliphatic heterocycles. The van der Waals surface area contributed by atoms with Crippen molar-refractivity contribution in [3.63, 3.8) is 0 Å². The number of benzene rings is 1. The Labute approximate surface area is 119 Å². The maximum Gasteiger partial charge on any atom is 0.165 e. The fraction of sp³-hybridized carbons (Fsp3) is 0.625. The molecule has 0 bridgehead atoms. The molecule has 1 aromatic rings. The Balaban J connectivity index is 1.49. The highest BCUT2D eigenvalue weighted by atomic mass is 19.1. The fourth-order valence-electron chi connectivity index (χ4n) is 3.23. The second kappa shape index (κ2) is 5.70. The highest BCUT2D eigenvalue weighted by Gasteiger charge is 2.51. The molecule has 1 aromatic carbocycles. The predicted molar refractivity (Wildman–Crippen MR) is 77.2 cm³/mol. The van der Waals surface area contributed by atoms with E-state index in [0.717, 1.165) is 36.4 Å². The van der Waals surface area contributed by atoms with Crippen LogP contribution in [-0.2, 0) is 6.54 Å². The maximum atomic E-state index is 13.6. The molecule has 20 heavy (non-hydrogen) atoms. The summed E-state index contributed by atoms with van der Waals surface area (Å²) in [7, 11) is 0. The molecule has 0 aromatic heterocycles. The van der Waals surface area contributed by atoms with Crippen LogP contribution in [0.3, 0.4) is 0 Å². The third-order valence-electron chi connectivity index (χ3n) is 4.34. The third kappa shape index (κ3) is 2.96. The van der Waals surface area contributed by atoms with Crippen molar-refractivity contribution in [3.8, 4) is 5.75 Å². The van der Waals surface area contributed by atoms with Gasteiger partial charge in [-0.25, -0.2) is 4.39 Å². The van der Waals surface area contributed by atoms with Gasteiger partial charge in [0.15, 0.2) is 11.6 Å². The highest BCUT2D eigenvalue weighted by molar-refractivity contribution is 5.30. The summed E-state index contributed by atoms with van der Waals surface area (Å²) >= 11 is 0. The van der Waals surface area contributed by atoms with Gasteiger partial charge in [0, 0.05) is 6.54 Å². The van der Waals surface area contributed by atoms with Crippen LogP contribution < -0.4 is 15.4 Å². The van der Waals surface area contributed by atoms with Crippen LogP contribution in [0.2, 0.25) is 0 Å². The summed E-state index contributed by atoms with van der Waals surface area (Å²) in [6, 6.07) is 5.12. The molecule has 2 unspecified atom stereocenters. The standard InChI is InChI=1S/C16H23FN2O/c1-10(2)20-16-5-11(3-4-15(16)17)6-18-7-12-13-8-19-9-14(12)13/h3-5,10,12-14,18-19H,6-9H2,1-2H3. The Bertz CT molecular complexity index is 468. The summed E-state index contributed by atoms with van der Waals surface area (Å²) in [5, 5.41) is 6.89. The zero-order chi connectivity index (χ0) is 14.1. The topological polar surface area (TPSA) is 33.3 Å². The minimum atomic E-state index is -0.287. The Kier molecular flexibility index (Phi) is 3.94. The van der Waals surface area contributed by atoms with Crippen LogP contribution in [0.25, 0.3) is 0 Å². The first kappa shape index (κ1) is 13.8. The lowest BCUT2D eigenvalue weighted by molar-refractivity contribution is 0.231. The first-order chi connectivity index (χ1) is 9.65. The lowest BCUT2D eigenvalue weighted by Gasteiger charge is -2.12. The van der Waals surface area contributed by atoms with Crippen LogP contribution in [0.15, 0.2) is 18.2 Å². The van der Waals surface area contributed by atoms with E-state index < -0.39 is 0 Å². The zero-order valence-corrected chi connectivity index (χ0v) is 12.2. The SMILES string of the molecule is CC(C)Oc1cc(CNCC2C3CNCC23)ccc1F. The lowest BCUT2D eigenvalue weighted by Crippen LogP contribution is -2.23. The van der Waals surface area contributed by atoms with Crippen molar-refractivity contribution in [2.75, 3.05) is 19.6 Å². The third-order valence-corrected chi connectivity index (χ3v) is 4.34. The number of hydrogen-bond acceptors (Lipinski definition) is 3. The van der Waals surface area contributed by atoms with Gasteiger partial charge >= 0.3 is 0 Å². The van der Waals surface area contributed by atoms with Gasteiger partial charge in [-0.1, -0.05) is 6.07 Å². The van der Waals surface area contributed by atoms with Crippen molar-refractivity contribution in [1.29, 1.82) is 0 Å². The molecule has 0 amide bonds. The summed E-state index contributed by atoms with van der Waals surface area (Å²) in [4.78, 5) is 0. The summed E-state index contributed by atoms with van der Waals surface area (Å²) < 4.78 is 19.1. The van der Waals surface area contributed by atoms with Gasteiger partial charge in [0.25, 0.3) is 0 Å². The molecule has 2 atom stereocenters. The van der Waals surface area contributed by atoms with Crippen LogP contribution in [-0.4, -0.2) is 25.7 Å². The van der Waals surface area contributed by atoms with Gasteiger partial charge < -0.3 is 15.4 Å². The fourth-order valence-corrected chi connectivity index (χ4v) is 3.23. The van der Waals surface area contributed by atoms with Crippen LogP contribution in [0.5, 0.6) is 5.75 Å². The molecule has 110 valence electrons. The molecule has 1 saturated heterocycles. The van der Waals surface area contributed by atoms with E-state index in [1.807, 2.05) is 19.9 Å². The second-order valence-corrected chi connectivity index (χ2v) is 6.21. The Morgan fingerprint density at radius 2 is 2.10 bits per heavy atom. The first-order valence-electron chi connectivity index (χ1n) is 7.51. The average molecular weight is 278 g/mol. The summed E-state index contributed by atoms with van der Waals surface area (Å²) in [6.07, 6.45) is -0.00829. The zero-order valence-electron chi connectivity index (χ0n) is 12.2. The highest BCUT2D eigenvalue weighted by Crippen LogP contribution is 2.47. The van der Waals surface area contributed by atoms with E-state index in [-0.39, 0.29) is 11.9 Å². The molecule has 2 N–H and O–H groups in total. The van der Waals surface area contributed by atoms with Crippen molar-refractivity contribution in [2.24, 2.45) is 17.8 Å². The number of piperidine rings is 1. The quantitative estimate of drug-likeness (QED) is 0.836. The van der Waals surface area contributed by atoms with Crippen molar-refractivity contribution in [2.45, 2.75) is 26.5 Å². The van der Waals surface area contributed by atoms with E-state index in [2.05, 4.69) is 10.6 Å². The summed E-state index contributed by atoms with van der Waals surface area (Å²) in [5.74, 6) is 2.67. The van der Waals surface area contributed by atoms with E-state index in [1.165, 1.54) is 19.2 Å². The molecule has 3 rings (SSSR count). The molecule has 3 nitrogen and oxygen atoms in total. The number of halogens is 1. The molecule has 0 spiro atoms. The Morgan fingerprint density at radius 1 is 1.35 bits per heavy atom. The van der Waals surface area contributed by atoms with Crippen LogP contribution in [0.4, 0.5) is 4.39 Å². The molecule has 1 aliphatic carbocycles. The molecule has 2 fully saturated rings. The predicted octanol–water partition coefficient (Wildman–Crippen LogP) is 2.17. The Morgan fingerprint density at radius 3 is 2.80 bits per heavy atom. The van der Waals surface area contributed by atoms with Crippen LogP contribution in [0, 0.1) is 23.6 Å². The number of nitrogens with one attached hydrogen (secondary N) is 2. The normalized spacial score (nSPS) is 27.7. The molecule has 4 heteroatoms. The molecular formula is C16H23FN2O. The number of fused-ring (bicyclic) bond motifs is 1. The van der Waals surface area contributed by atoms with Gasteiger partial charge in [-0.3, -0.25) is 0 Å². The van der Waals surface area contributed by atoms with Gasteiger partial charge in [-0.2, -0.15) is 0 Å². The van der Waals surface area contributed by atoms with E-state index in [4.69, 9.17) is 4.74 Å². The van der Waals surface area contributed by atoms with Crippen molar-refractivity contribution < 1.29 is 9.13 Å². The second-order valence-electron chi connectivity index (χ2n) is 6.21. The molecule has 0 radical (unpaired) electrons. The van der Waals surface area contributed by atoms with Crippen LogP contribution in [0.1, 0.15) is 19.4 Å². The van der Waals surface area contributed by atoms with Gasteiger partial charge in [-0.15, -0.1) is 0 Å². The summed E-state index contributed by atoms with van der Waals surface area (Å²) in [6.45, 7) is 8.02. The van der Waals surface area contributed by atoms with E-state index in [1.54, 1.807) is 6.07 Å². The largest absolute Gasteiger partial charge is 0.488 e. The van der Waals surface area contributed by atoms with E-state index >= 15 is 0 Å². The Hall–Kier alpha value is -1.13. The average Bonchev–Trinajstić information content (AvgIpc) is 2.84. The van der Waals surface area contributed by atoms with Gasteiger partial charge in [0.05, 0.1) is 6.10 Å². The number of hydrogen-bond donors (Lipinski definition) is 2. The van der Waals surface area contributed by atoms with Crippen molar-refractivity contribution >= 4 is 0 Å². The van der Waals surface area contributed by atoms with Gasteiger partial charge in [-0.05, 0) is 68.9 Å². The van der Waals surface area contributed by atoms with Gasteiger partial charge in [0.1, 0.15) is 0 Å². The van der Waals surface area contributed by atoms with Gasteiger partial charge in [0.2, 0.25) is 0 Å². The van der Waals surface area contributed by atoms with Crippen LogP contribution >= 0.6 is 0 Å². The molecule has 2 aliphatic rings. The minimum Gasteiger partial charge on any atom is -0.488 e. The number of rotatable bonds is 6. The molecule has 1 heterocycles. The van der Waals surface area contributed by atoms with E-state index in [9.17, 15) is 4.39 Å². The molecule has 1 saturated carbocycles. The first-order valence-corrected chi connectivity index (χ1v) is 7.51. The van der Waals surface area contributed by atoms with Crippen molar-refractivity contribution in [3.05, 3.63) is 29.6 Å². The van der Waals surface area contributed by atoms with E-state index in [0.29, 0.717) is 5.75 Å². The maximum absolute atomic E-state index is 13.6.